The zero-order valence-corrected chi connectivity index (χ0v) is 10.8. The first-order valence-corrected chi connectivity index (χ1v) is 6.60. The molecule has 3 heteroatoms. The molecule has 1 aromatic carbocycles. The SMILES string of the molecule is CC1(c2cc(N)n(-c3ccccc3)n2)CCCC1. The number of anilines is 1. The molecule has 0 spiro atoms. The Labute approximate surface area is 108 Å². The lowest BCUT2D eigenvalue weighted by Crippen LogP contribution is -2.17. The topological polar surface area (TPSA) is 43.8 Å². The summed E-state index contributed by atoms with van der Waals surface area (Å²) in [4.78, 5) is 0. The van der Waals surface area contributed by atoms with Crippen LogP contribution in [0.5, 0.6) is 0 Å². The minimum atomic E-state index is 0.216. The Morgan fingerprint density at radius 2 is 1.83 bits per heavy atom. The number of para-hydroxylation sites is 1. The van der Waals surface area contributed by atoms with Crippen LogP contribution in [0.1, 0.15) is 38.3 Å². The maximum Gasteiger partial charge on any atom is 0.127 e. The highest BCUT2D eigenvalue weighted by molar-refractivity contribution is 5.44. The summed E-state index contributed by atoms with van der Waals surface area (Å²) in [5.41, 5.74) is 8.49. The van der Waals surface area contributed by atoms with E-state index in [0.717, 1.165) is 17.2 Å². The van der Waals surface area contributed by atoms with E-state index in [-0.39, 0.29) is 5.41 Å². The van der Waals surface area contributed by atoms with Crippen molar-refractivity contribution >= 4 is 5.82 Å². The fraction of sp³-hybridized carbons (Fsp3) is 0.400. The molecule has 94 valence electrons. The lowest BCUT2D eigenvalue weighted by atomic mass is 9.85. The summed E-state index contributed by atoms with van der Waals surface area (Å²) in [6.07, 6.45) is 5.04. The lowest BCUT2D eigenvalue weighted by molar-refractivity contribution is 0.471. The van der Waals surface area contributed by atoms with Gasteiger partial charge in [0.2, 0.25) is 0 Å². The summed E-state index contributed by atoms with van der Waals surface area (Å²) in [6.45, 7) is 2.30. The largest absolute Gasteiger partial charge is 0.384 e. The smallest absolute Gasteiger partial charge is 0.127 e. The van der Waals surface area contributed by atoms with Crippen LogP contribution in [0.3, 0.4) is 0 Å². The van der Waals surface area contributed by atoms with Crippen molar-refractivity contribution in [1.29, 1.82) is 0 Å². The standard InChI is InChI=1S/C15H19N3/c1-15(9-5-6-10-15)13-11-14(16)18(17-13)12-7-3-2-4-8-12/h2-4,7-8,11H,5-6,9-10,16H2,1H3. The fourth-order valence-electron chi connectivity index (χ4n) is 2.88. The number of nitrogens with zero attached hydrogens (tertiary/aromatic N) is 2. The Morgan fingerprint density at radius 3 is 2.50 bits per heavy atom. The molecule has 0 atom stereocenters. The van der Waals surface area contributed by atoms with Gasteiger partial charge in [0.1, 0.15) is 5.82 Å². The molecule has 3 rings (SSSR count). The molecule has 0 saturated heterocycles. The highest BCUT2D eigenvalue weighted by Crippen LogP contribution is 2.40. The number of hydrogen-bond donors (Lipinski definition) is 1. The molecule has 0 bridgehead atoms. The van der Waals surface area contributed by atoms with Crippen molar-refractivity contribution in [2.24, 2.45) is 0 Å². The number of nitrogens with two attached hydrogens (primary N) is 1. The minimum absolute atomic E-state index is 0.216. The van der Waals surface area contributed by atoms with Gasteiger partial charge in [0.25, 0.3) is 0 Å². The van der Waals surface area contributed by atoms with E-state index in [1.807, 2.05) is 41.1 Å². The van der Waals surface area contributed by atoms with Crippen LogP contribution >= 0.6 is 0 Å². The van der Waals surface area contributed by atoms with Gasteiger partial charge < -0.3 is 5.73 Å². The van der Waals surface area contributed by atoms with Gasteiger partial charge in [-0.2, -0.15) is 5.10 Å². The monoisotopic (exact) mass is 241 g/mol. The van der Waals surface area contributed by atoms with E-state index < -0.39 is 0 Å². The average Bonchev–Trinajstić information content (AvgIpc) is 2.98. The van der Waals surface area contributed by atoms with Crippen LogP contribution < -0.4 is 5.73 Å². The first-order valence-electron chi connectivity index (χ1n) is 6.60. The molecule has 2 aromatic rings. The predicted molar refractivity (Wildman–Crippen MR) is 73.8 cm³/mol. The Hall–Kier alpha value is -1.77. The van der Waals surface area contributed by atoms with Crippen molar-refractivity contribution in [3.05, 3.63) is 42.1 Å². The second-order valence-electron chi connectivity index (χ2n) is 5.47. The van der Waals surface area contributed by atoms with Crippen LogP contribution in [0.2, 0.25) is 0 Å². The van der Waals surface area contributed by atoms with Crippen molar-refractivity contribution in [3.8, 4) is 5.69 Å². The van der Waals surface area contributed by atoms with E-state index in [4.69, 9.17) is 10.8 Å². The van der Waals surface area contributed by atoms with Crippen molar-refractivity contribution in [2.45, 2.75) is 38.0 Å². The van der Waals surface area contributed by atoms with Gasteiger partial charge in [-0.3, -0.25) is 0 Å². The summed E-state index contributed by atoms with van der Waals surface area (Å²) in [5, 5.41) is 4.73. The Bertz CT molecular complexity index is 536. The highest BCUT2D eigenvalue weighted by atomic mass is 15.3. The zero-order chi connectivity index (χ0) is 12.6. The Morgan fingerprint density at radius 1 is 1.17 bits per heavy atom. The lowest BCUT2D eigenvalue weighted by Gasteiger charge is -2.20. The maximum absolute atomic E-state index is 6.10. The second kappa shape index (κ2) is 4.16. The molecule has 1 fully saturated rings. The van der Waals surface area contributed by atoms with E-state index in [9.17, 15) is 0 Å². The van der Waals surface area contributed by atoms with Crippen LogP contribution in [0.15, 0.2) is 36.4 Å². The van der Waals surface area contributed by atoms with Crippen molar-refractivity contribution < 1.29 is 0 Å². The molecule has 0 radical (unpaired) electrons. The molecule has 1 aliphatic rings. The first-order chi connectivity index (χ1) is 8.69. The van der Waals surface area contributed by atoms with Crippen LogP contribution in [0.25, 0.3) is 5.69 Å². The van der Waals surface area contributed by atoms with Gasteiger partial charge in [-0.15, -0.1) is 0 Å². The Balaban J connectivity index is 2.01. The summed E-state index contributed by atoms with van der Waals surface area (Å²) in [7, 11) is 0. The molecule has 0 unspecified atom stereocenters. The molecule has 0 amide bonds. The third-order valence-corrected chi connectivity index (χ3v) is 4.06. The quantitative estimate of drug-likeness (QED) is 0.876. The third kappa shape index (κ3) is 1.80. The van der Waals surface area contributed by atoms with Gasteiger partial charge >= 0.3 is 0 Å². The summed E-state index contributed by atoms with van der Waals surface area (Å²) >= 11 is 0. The summed E-state index contributed by atoms with van der Waals surface area (Å²) in [6, 6.07) is 12.1. The van der Waals surface area contributed by atoms with Crippen molar-refractivity contribution in [3.63, 3.8) is 0 Å². The van der Waals surface area contributed by atoms with Gasteiger partial charge in [-0.25, -0.2) is 4.68 Å². The Kier molecular flexibility index (Phi) is 2.62. The van der Waals surface area contributed by atoms with E-state index in [1.54, 1.807) is 0 Å². The van der Waals surface area contributed by atoms with Crippen molar-refractivity contribution in [2.75, 3.05) is 5.73 Å². The minimum Gasteiger partial charge on any atom is -0.384 e. The van der Waals surface area contributed by atoms with Crippen LogP contribution in [0.4, 0.5) is 5.82 Å². The van der Waals surface area contributed by atoms with Gasteiger partial charge in [-0.05, 0) is 25.0 Å². The fourth-order valence-corrected chi connectivity index (χ4v) is 2.88. The van der Waals surface area contributed by atoms with E-state index in [1.165, 1.54) is 25.7 Å². The maximum atomic E-state index is 6.10. The number of hydrogen-bond acceptors (Lipinski definition) is 2. The molecule has 3 nitrogen and oxygen atoms in total. The van der Waals surface area contributed by atoms with Gasteiger partial charge in [0, 0.05) is 11.5 Å². The van der Waals surface area contributed by atoms with Crippen LogP contribution in [0, 0.1) is 0 Å². The molecule has 0 aliphatic heterocycles. The third-order valence-electron chi connectivity index (χ3n) is 4.06. The van der Waals surface area contributed by atoms with E-state index in [0.29, 0.717) is 0 Å². The molecular formula is C15H19N3. The zero-order valence-electron chi connectivity index (χ0n) is 10.8. The number of benzene rings is 1. The molecule has 1 saturated carbocycles. The number of rotatable bonds is 2. The first kappa shape index (κ1) is 11.3. The van der Waals surface area contributed by atoms with E-state index in [2.05, 4.69) is 6.92 Å². The molecule has 1 aliphatic carbocycles. The number of aromatic nitrogens is 2. The second-order valence-corrected chi connectivity index (χ2v) is 5.47. The normalized spacial score (nSPS) is 18.1. The van der Waals surface area contributed by atoms with Crippen LogP contribution in [-0.2, 0) is 5.41 Å². The average molecular weight is 241 g/mol. The predicted octanol–water partition coefficient (Wildman–Crippen LogP) is 3.29. The molecule has 2 N–H and O–H groups in total. The summed E-state index contributed by atoms with van der Waals surface area (Å²) < 4.78 is 1.85. The van der Waals surface area contributed by atoms with Gasteiger partial charge in [-0.1, -0.05) is 38.0 Å². The molecule has 18 heavy (non-hydrogen) atoms. The molecule has 1 aromatic heterocycles. The number of nitrogen functional groups attached to an aromatic ring is 1. The molecule has 1 heterocycles. The highest BCUT2D eigenvalue weighted by Gasteiger charge is 2.33. The van der Waals surface area contributed by atoms with Crippen molar-refractivity contribution in [1.82, 2.24) is 9.78 Å². The van der Waals surface area contributed by atoms with Gasteiger partial charge in [0.05, 0.1) is 11.4 Å². The molecular weight excluding hydrogens is 222 g/mol. The van der Waals surface area contributed by atoms with Gasteiger partial charge in [0.15, 0.2) is 0 Å². The van der Waals surface area contributed by atoms with Crippen LogP contribution in [-0.4, -0.2) is 9.78 Å². The van der Waals surface area contributed by atoms with E-state index >= 15 is 0 Å². The summed E-state index contributed by atoms with van der Waals surface area (Å²) in [5.74, 6) is 0.726.